The minimum Gasteiger partial charge on any atom is -0.450 e. The lowest BCUT2D eigenvalue weighted by molar-refractivity contribution is 0.105. The van der Waals surface area contributed by atoms with Gasteiger partial charge >= 0.3 is 6.09 Å². The molecule has 144 valence electrons. The van der Waals surface area contributed by atoms with Gasteiger partial charge in [0.25, 0.3) is 0 Å². The lowest BCUT2D eigenvalue weighted by Crippen LogP contribution is -2.49. The van der Waals surface area contributed by atoms with E-state index in [0.717, 1.165) is 18.2 Å². The van der Waals surface area contributed by atoms with Crippen molar-refractivity contribution in [2.24, 2.45) is 0 Å². The number of hydrogen-bond acceptors (Lipinski definition) is 7. The Morgan fingerprint density at radius 2 is 2.00 bits per heavy atom. The van der Waals surface area contributed by atoms with Crippen LogP contribution in [-0.4, -0.2) is 53.7 Å². The number of nitrogen functional groups attached to an aromatic ring is 1. The maximum atomic E-state index is 13.9. The number of ether oxygens (including phenoxy) is 1. The molecule has 10 heteroatoms. The van der Waals surface area contributed by atoms with Crippen LogP contribution in [0, 0.1) is 11.6 Å². The van der Waals surface area contributed by atoms with Crippen LogP contribution >= 0.6 is 0 Å². The number of anilines is 4. The number of nitrogens with one attached hydrogen (secondary N) is 1. The number of rotatable bonds is 4. The maximum absolute atomic E-state index is 13.9. The number of piperazine rings is 1. The molecule has 0 radical (unpaired) electrons. The Hall–Kier alpha value is -3.17. The van der Waals surface area contributed by atoms with Crippen molar-refractivity contribution in [2.45, 2.75) is 6.92 Å². The number of aromatic nitrogens is 2. The molecule has 0 bridgehead atoms. The van der Waals surface area contributed by atoms with Crippen molar-refractivity contribution >= 4 is 29.1 Å². The Morgan fingerprint density at radius 3 is 2.70 bits per heavy atom. The largest absolute Gasteiger partial charge is 0.450 e. The molecule has 3 N–H and O–H groups in total. The van der Waals surface area contributed by atoms with Crippen LogP contribution in [0.2, 0.25) is 0 Å². The third-order valence-corrected chi connectivity index (χ3v) is 4.15. The maximum Gasteiger partial charge on any atom is 0.409 e. The standard InChI is InChI=1S/C17H20F2N6O2/c1-2-27-17(26)25-7-5-24(6-8-25)16-14(20)15(21-10-22-16)23-13-9-11(18)3-4-12(13)19/h3-4,9-10H,2,5-8,20H2,1H3,(H,21,22,23). The van der Waals surface area contributed by atoms with Crippen molar-refractivity contribution in [1.82, 2.24) is 14.9 Å². The summed E-state index contributed by atoms with van der Waals surface area (Å²) in [6.45, 7) is 4.02. The molecule has 8 nitrogen and oxygen atoms in total. The van der Waals surface area contributed by atoms with Gasteiger partial charge in [-0.15, -0.1) is 0 Å². The van der Waals surface area contributed by atoms with Gasteiger partial charge in [0, 0.05) is 32.2 Å². The van der Waals surface area contributed by atoms with E-state index >= 15 is 0 Å². The molecule has 1 aromatic heterocycles. The highest BCUT2D eigenvalue weighted by atomic mass is 19.1. The molecule has 0 saturated carbocycles. The van der Waals surface area contributed by atoms with E-state index in [0.29, 0.717) is 38.6 Å². The Bertz CT molecular complexity index is 827. The zero-order valence-electron chi connectivity index (χ0n) is 14.8. The third kappa shape index (κ3) is 4.15. The van der Waals surface area contributed by atoms with E-state index in [4.69, 9.17) is 10.5 Å². The van der Waals surface area contributed by atoms with Crippen molar-refractivity contribution in [1.29, 1.82) is 0 Å². The smallest absolute Gasteiger partial charge is 0.409 e. The summed E-state index contributed by atoms with van der Waals surface area (Å²) in [5.74, 6) is -0.564. The highest BCUT2D eigenvalue weighted by molar-refractivity contribution is 5.78. The van der Waals surface area contributed by atoms with Crippen LogP contribution in [0.3, 0.4) is 0 Å². The Morgan fingerprint density at radius 1 is 1.26 bits per heavy atom. The summed E-state index contributed by atoms with van der Waals surface area (Å²) in [5, 5.41) is 2.70. The van der Waals surface area contributed by atoms with Gasteiger partial charge in [0.2, 0.25) is 0 Å². The fourth-order valence-electron chi connectivity index (χ4n) is 2.77. The minimum absolute atomic E-state index is 0.0709. The number of hydrogen-bond donors (Lipinski definition) is 2. The predicted molar refractivity (Wildman–Crippen MR) is 96.9 cm³/mol. The third-order valence-electron chi connectivity index (χ3n) is 4.15. The number of halogens is 2. The molecule has 2 heterocycles. The van der Waals surface area contributed by atoms with Crippen LogP contribution in [0.5, 0.6) is 0 Å². The summed E-state index contributed by atoms with van der Waals surface area (Å²) < 4.78 is 32.2. The van der Waals surface area contributed by atoms with Crippen molar-refractivity contribution in [3.63, 3.8) is 0 Å². The second-order valence-electron chi connectivity index (χ2n) is 5.88. The number of nitrogens with two attached hydrogens (primary N) is 1. The highest BCUT2D eigenvalue weighted by Gasteiger charge is 2.24. The first-order valence-corrected chi connectivity index (χ1v) is 8.48. The number of carbonyl (C=O) groups is 1. The summed E-state index contributed by atoms with van der Waals surface area (Å²) in [6, 6.07) is 3.07. The zero-order chi connectivity index (χ0) is 19.4. The van der Waals surface area contributed by atoms with E-state index in [2.05, 4.69) is 15.3 Å². The van der Waals surface area contributed by atoms with Gasteiger partial charge in [-0.2, -0.15) is 0 Å². The predicted octanol–water partition coefficient (Wildman–Crippen LogP) is 2.36. The molecule has 2 aromatic rings. The van der Waals surface area contributed by atoms with E-state index in [1.54, 1.807) is 11.8 Å². The van der Waals surface area contributed by atoms with Gasteiger partial charge in [0.15, 0.2) is 11.6 Å². The van der Waals surface area contributed by atoms with Crippen LogP contribution in [0.25, 0.3) is 0 Å². The Balaban J connectivity index is 1.74. The first-order valence-electron chi connectivity index (χ1n) is 8.48. The second-order valence-corrected chi connectivity index (χ2v) is 5.88. The first kappa shape index (κ1) is 18.6. The van der Waals surface area contributed by atoms with Gasteiger partial charge in [-0.05, 0) is 19.1 Å². The molecule has 0 atom stereocenters. The molecule has 1 aliphatic heterocycles. The molecule has 1 amide bonds. The molecular formula is C17H20F2N6O2. The zero-order valence-corrected chi connectivity index (χ0v) is 14.8. The normalized spacial score (nSPS) is 14.2. The van der Waals surface area contributed by atoms with E-state index in [9.17, 15) is 13.6 Å². The van der Waals surface area contributed by atoms with Crippen molar-refractivity contribution in [2.75, 3.05) is 48.7 Å². The molecule has 0 spiro atoms. The average Bonchev–Trinajstić information content (AvgIpc) is 2.67. The summed E-state index contributed by atoms with van der Waals surface area (Å²) >= 11 is 0. The summed E-state index contributed by atoms with van der Waals surface area (Å²) in [6.07, 6.45) is 0.944. The highest BCUT2D eigenvalue weighted by Crippen LogP contribution is 2.30. The Kier molecular flexibility index (Phi) is 5.53. The molecule has 1 fully saturated rings. The quantitative estimate of drug-likeness (QED) is 0.843. The second kappa shape index (κ2) is 8.02. The molecular weight excluding hydrogens is 358 g/mol. The summed E-state index contributed by atoms with van der Waals surface area (Å²) in [5.41, 5.74) is 6.28. The van der Waals surface area contributed by atoms with Crippen LogP contribution < -0.4 is 16.0 Å². The van der Waals surface area contributed by atoms with E-state index < -0.39 is 11.6 Å². The first-order chi connectivity index (χ1) is 13.0. The number of nitrogens with zero attached hydrogens (tertiary/aromatic N) is 4. The number of carbonyl (C=O) groups excluding carboxylic acids is 1. The molecule has 0 aliphatic carbocycles. The fourth-order valence-corrected chi connectivity index (χ4v) is 2.77. The fraction of sp³-hybridized carbons (Fsp3) is 0.353. The van der Waals surface area contributed by atoms with Gasteiger partial charge in [0.05, 0.1) is 12.3 Å². The molecule has 1 aromatic carbocycles. The lowest BCUT2D eigenvalue weighted by atomic mass is 10.2. The van der Waals surface area contributed by atoms with Gasteiger partial charge < -0.3 is 25.6 Å². The number of benzene rings is 1. The summed E-state index contributed by atoms with van der Waals surface area (Å²) in [7, 11) is 0. The molecule has 1 aliphatic rings. The average molecular weight is 378 g/mol. The lowest BCUT2D eigenvalue weighted by Gasteiger charge is -2.35. The van der Waals surface area contributed by atoms with Crippen LogP contribution in [0.1, 0.15) is 6.92 Å². The van der Waals surface area contributed by atoms with Crippen molar-refractivity contribution in [3.8, 4) is 0 Å². The molecule has 27 heavy (non-hydrogen) atoms. The molecule has 1 saturated heterocycles. The van der Waals surface area contributed by atoms with Crippen molar-refractivity contribution in [3.05, 3.63) is 36.2 Å². The Labute approximate surface area is 154 Å². The van der Waals surface area contributed by atoms with Crippen LogP contribution in [-0.2, 0) is 4.74 Å². The topological polar surface area (TPSA) is 96.6 Å². The van der Waals surface area contributed by atoms with Crippen molar-refractivity contribution < 1.29 is 18.3 Å². The summed E-state index contributed by atoms with van der Waals surface area (Å²) in [4.78, 5) is 23.5. The van der Waals surface area contributed by atoms with Crippen LogP contribution in [0.4, 0.5) is 36.6 Å². The van der Waals surface area contributed by atoms with E-state index in [-0.39, 0.29) is 23.3 Å². The monoisotopic (exact) mass is 378 g/mol. The molecule has 3 rings (SSSR count). The number of amides is 1. The SMILES string of the molecule is CCOC(=O)N1CCN(c2ncnc(Nc3cc(F)ccc3F)c2N)CC1. The van der Waals surface area contributed by atoms with Crippen LogP contribution in [0.15, 0.2) is 24.5 Å². The van der Waals surface area contributed by atoms with E-state index in [1.807, 2.05) is 4.90 Å². The van der Waals surface area contributed by atoms with E-state index in [1.165, 1.54) is 6.33 Å². The molecule has 0 unspecified atom stereocenters. The van der Waals surface area contributed by atoms with Gasteiger partial charge in [-0.25, -0.2) is 23.5 Å². The van der Waals surface area contributed by atoms with Gasteiger partial charge in [-0.1, -0.05) is 0 Å². The van der Waals surface area contributed by atoms with Gasteiger partial charge in [0.1, 0.15) is 23.6 Å². The van der Waals surface area contributed by atoms with Gasteiger partial charge in [-0.3, -0.25) is 0 Å². The minimum atomic E-state index is -0.626.